The van der Waals surface area contributed by atoms with Gasteiger partial charge in [0.25, 0.3) is 0 Å². The third kappa shape index (κ3) is 9.26. The number of aliphatic hydroxyl groups is 1. The van der Waals surface area contributed by atoms with Crippen molar-refractivity contribution >= 4 is 24.5 Å². The molecule has 3 N–H and O–H groups in total. The van der Waals surface area contributed by atoms with Gasteiger partial charge in [-0.25, -0.2) is 4.79 Å². The number of nitrogens with one attached hydrogen (secondary N) is 2. The molecule has 0 heterocycles. The number of rotatable bonds is 14. The quantitative estimate of drug-likeness (QED) is 0.153. The average molecular weight is 413 g/mol. The summed E-state index contributed by atoms with van der Waals surface area (Å²) in [5, 5.41) is 16.5. The van der Waals surface area contributed by atoms with Crippen molar-refractivity contribution in [1.82, 2.24) is 10.6 Å². The number of allylic oxidation sites excluding steroid dienone is 2. The lowest BCUT2D eigenvalue weighted by Crippen LogP contribution is -2.52. The minimum absolute atomic E-state index is 0.0835. The van der Waals surface area contributed by atoms with Gasteiger partial charge in [0, 0.05) is 17.4 Å². The van der Waals surface area contributed by atoms with Gasteiger partial charge >= 0.3 is 5.97 Å². The Bertz CT molecular complexity index is 532. The first-order chi connectivity index (χ1) is 13.5. The summed E-state index contributed by atoms with van der Waals surface area (Å²) in [6.45, 7) is 5.75. The van der Waals surface area contributed by atoms with Crippen LogP contribution in [0.25, 0.3) is 0 Å². The normalized spacial score (nSPS) is 17.2. The molecule has 28 heavy (non-hydrogen) atoms. The van der Waals surface area contributed by atoms with Crippen LogP contribution in [0.3, 0.4) is 0 Å². The average Bonchev–Trinajstić information content (AvgIpc) is 2.62. The molecule has 0 saturated heterocycles. The molecular weight excluding hydrogens is 376 g/mol. The van der Waals surface area contributed by atoms with Crippen molar-refractivity contribution in [3.63, 3.8) is 0 Å². The van der Waals surface area contributed by atoms with E-state index in [4.69, 9.17) is 4.74 Å². The van der Waals surface area contributed by atoms with Crippen LogP contribution in [0.4, 0.5) is 0 Å². The van der Waals surface area contributed by atoms with Gasteiger partial charge in [-0.05, 0) is 32.7 Å². The molecule has 7 heteroatoms. The molecule has 0 aliphatic heterocycles. The molecule has 160 valence electrons. The van der Waals surface area contributed by atoms with Crippen LogP contribution in [-0.4, -0.2) is 48.8 Å². The predicted molar refractivity (Wildman–Crippen MR) is 115 cm³/mol. The predicted octanol–water partition coefficient (Wildman–Crippen LogP) is 2.74. The smallest absolute Gasteiger partial charge is 0.331 e. The maximum Gasteiger partial charge on any atom is 0.331 e. The Morgan fingerprint density at radius 1 is 1.25 bits per heavy atom. The maximum atomic E-state index is 12.2. The summed E-state index contributed by atoms with van der Waals surface area (Å²) in [6, 6.07) is -1.15. The second-order valence-electron chi connectivity index (χ2n) is 7.10. The molecule has 1 amide bonds. The van der Waals surface area contributed by atoms with Crippen LogP contribution in [-0.2, 0) is 14.3 Å². The van der Waals surface area contributed by atoms with Crippen LogP contribution >= 0.6 is 12.6 Å². The maximum absolute atomic E-state index is 12.2. The van der Waals surface area contributed by atoms with E-state index in [1.54, 1.807) is 19.1 Å². The van der Waals surface area contributed by atoms with Crippen LogP contribution in [0.2, 0.25) is 0 Å². The Morgan fingerprint density at radius 3 is 2.61 bits per heavy atom. The van der Waals surface area contributed by atoms with E-state index in [1.165, 1.54) is 19.3 Å². The second-order valence-corrected chi connectivity index (χ2v) is 7.61. The molecule has 0 bridgehead atoms. The molecule has 1 rings (SSSR count). The van der Waals surface area contributed by atoms with Crippen molar-refractivity contribution in [2.24, 2.45) is 5.92 Å². The molecular formula is C21H36N2O4S. The molecule has 1 fully saturated rings. The molecule has 6 nitrogen and oxygen atoms in total. The van der Waals surface area contributed by atoms with Gasteiger partial charge in [-0.2, -0.15) is 0 Å². The van der Waals surface area contributed by atoms with Gasteiger partial charge in [0.1, 0.15) is 6.10 Å². The van der Waals surface area contributed by atoms with Crippen LogP contribution in [0.15, 0.2) is 23.1 Å². The number of ether oxygens (including phenoxy) is 1. The third-order valence-corrected chi connectivity index (χ3v) is 5.22. The van der Waals surface area contributed by atoms with E-state index < -0.39 is 18.1 Å². The second kappa shape index (κ2) is 14.7. The summed E-state index contributed by atoms with van der Waals surface area (Å²) in [5.41, 5.74) is 0. The molecule has 1 aliphatic rings. The number of carbonyl (C=O) groups excluding carboxylic acids is 2. The van der Waals surface area contributed by atoms with Gasteiger partial charge in [0.05, 0.1) is 6.61 Å². The first-order valence-electron chi connectivity index (χ1n) is 10.4. The van der Waals surface area contributed by atoms with E-state index in [1.807, 2.05) is 6.08 Å². The van der Waals surface area contributed by atoms with Gasteiger partial charge in [0.2, 0.25) is 5.91 Å². The number of unbranched alkanes of at least 4 members (excludes halogenated alkanes) is 3. The highest BCUT2D eigenvalue weighted by atomic mass is 32.1. The van der Waals surface area contributed by atoms with E-state index in [2.05, 4.69) is 30.2 Å². The summed E-state index contributed by atoms with van der Waals surface area (Å²) >= 11 is 4.30. The highest BCUT2D eigenvalue weighted by Gasteiger charge is 2.34. The highest BCUT2D eigenvalue weighted by molar-refractivity contribution is 7.84. The largest absolute Gasteiger partial charge is 0.464 e. The summed E-state index contributed by atoms with van der Waals surface area (Å²) in [6.07, 6.45) is 11.6. The fourth-order valence-electron chi connectivity index (χ4n) is 2.81. The Kier molecular flexibility index (Phi) is 12.9. The standard InChI is InChI=1S/C21H36N2O4S/c1-3-5-6-8-14-22-15-9-7-13-17(28)19(24)18(21(26)27-4-2)23-20(25)16-11-10-12-16/h7,9,13,16,18-19,22,24,28H,3-6,8,10-12,14-15H2,1-2H3,(H,23,25)/b9-7+,17-13-. The van der Waals surface area contributed by atoms with Crippen molar-refractivity contribution in [2.75, 3.05) is 19.7 Å². The molecule has 0 radical (unpaired) electrons. The van der Waals surface area contributed by atoms with E-state index in [-0.39, 0.29) is 18.4 Å². The van der Waals surface area contributed by atoms with Gasteiger partial charge < -0.3 is 20.5 Å². The van der Waals surface area contributed by atoms with Crippen LogP contribution < -0.4 is 10.6 Å². The molecule has 0 spiro atoms. The Balaban J connectivity index is 2.51. The lowest BCUT2D eigenvalue weighted by molar-refractivity contribution is -0.150. The van der Waals surface area contributed by atoms with Gasteiger partial charge in [-0.3, -0.25) is 4.79 Å². The van der Waals surface area contributed by atoms with E-state index in [9.17, 15) is 14.7 Å². The number of amides is 1. The van der Waals surface area contributed by atoms with E-state index in [0.717, 1.165) is 38.8 Å². The first-order valence-corrected chi connectivity index (χ1v) is 10.9. The van der Waals surface area contributed by atoms with Gasteiger partial charge in [0.15, 0.2) is 6.04 Å². The number of hydrogen-bond donors (Lipinski definition) is 4. The highest BCUT2D eigenvalue weighted by Crippen LogP contribution is 2.26. The Morgan fingerprint density at radius 2 is 2.00 bits per heavy atom. The van der Waals surface area contributed by atoms with Crippen molar-refractivity contribution in [1.29, 1.82) is 0 Å². The van der Waals surface area contributed by atoms with Crippen molar-refractivity contribution in [3.05, 3.63) is 23.1 Å². The Hall–Kier alpha value is -1.31. The fourth-order valence-corrected chi connectivity index (χ4v) is 3.04. The zero-order chi connectivity index (χ0) is 20.8. The molecule has 0 aromatic rings. The SMILES string of the molecule is CCCCCCNC/C=C/C=C(\S)C(O)C(NC(=O)C1CCC1)C(=O)OCC. The lowest BCUT2D eigenvalue weighted by Gasteiger charge is -2.28. The summed E-state index contributed by atoms with van der Waals surface area (Å²) in [5.74, 6) is -0.951. The molecule has 1 aliphatic carbocycles. The first kappa shape index (κ1) is 24.7. The Labute approximate surface area is 174 Å². The number of hydrogen-bond acceptors (Lipinski definition) is 6. The van der Waals surface area contributed by atoms with Gasteiger partial charge in [-0.15, -0.1) is 12.6 Å². The van der Waals surface area contributed by atoms with Crippen LogP contribution in [0.1, 0.15) is 58.8 Å². The number of esters is 1. The van der Waals surface area contributed by atoms with Crippen molar-refractivity contribution in [3.8, 4) is 0 Å². The van der Waals surface area contributed by atoms with Crippen LogP contribution in [0, 0.1) is 5.92 Å². The topological polar surface area (TPSA) is 87.7 Å². The molecule has 0 aromatic carbocycles. The van der Waals surface area contributed by atoms with Gasteiger partial charge in [-0.1, -0.05) is 50.8 Å². The number of aliphatic hydroxyl groups excluding tert-OH is 1. The van der Waals surface area contributed by atoms with E-state index in [0.29, 0.717) is 4.91 Å². The molecule has 1 saturated carbocycles. The van der Waals surface area contributed by atoms with Crippen molar-refractivity contribution < 1.29 is 19.4 Å². The summed E-state index contributed by atoms with van der Waals surface area (Å²) < 4.78 is 5.00. The minimum Gasteiger partial charge on any atom is -0.464 e. The molecule has 2 atom stereocenters. The summed E-state index contributed by atoms with van der Waals surface area (Å²) in [7, 11) is 0. The third-order valence-electron chi connectivity index (χ3n) is 4.81. The summed E-state index contributed by atoms with van der Waals surface area (Å²) in [4.78, 5) is 24.7. The molecule has 0 aromatic heterocycles. The number of thiol groups is 1. The minimum atomic E-state index is -1.25. The zero-order valence-electron chi connectivity index (χ0n) is 17.2. The van der Waals surface area contributed by atoms with Crippen molar-refractivity contribution in [2.45, 2.75) is 70.9 Å². The zero-order valence-corrected chi connectivity index (χ0v) is 18.0. The molecule has 2 unspecified atom stereocenters. The lowest BCUT2D eigenvalue weighted by atomic mass is 9.84. The van der Waals surface area contributed by atoms with E-state index >= 15 is 0 Å². The number of carbonyl (C=O) groups is 2. The van der Waals surface area contributed by atoms with Crippen LogP contribution in [0.5, 0.6) is 0 Å². The monoisotopic (exact) mass is 412 g/mol. The fraction of sp³-hybridized carbons (Fsp3) is 0.714.